The van der Waals surface area contributed by atoms with Crippen LogP contribution in [0.4, 0.5) is 20.2 Å². The minimum atomic E-state index is -3.09. The van der Waals surface area contributed by atoms with E-state index < -0.39 is 11.5 Å². The monoisotopic (exact) mass is 407 g/mol. The molecule has 0 aliphatic carbocycles. The van der Waals surface area contributed by atoms with Gasteiger partial charge in [-0.1, -0.05) is 18.2 Å². The Morgan fingerprint density at radius 2 is 1.86 bits per heavy atom. The van der Waals surface area contributed by atoms with Crippen LogP contribution in [-0.2, 0) is 6.54 Å². The highest BCUT2D eigenvalue weighted by Gasteiger charge is 2.24. The Kier molecular flexibility index (Phi) is 6.82. The molecule has 7 nitrogen and oxygen atoms in total. The van der Waals surface area contributed by atoms with Gasteiger partial charge in [0.1, 0.15) is 0 Å². The quantitative estimate of drug-likeness (QED) is 0.512. The SMILES string of the molecule is COc1cc(CN2CCCN(c3ccccc3)CC2)c([N+](=O)[O-])cc1OC(F)F. The molecular weight excluding hydrogens is 384 g/mol. The lowest BCUT2D eigenvalue weighted by molar-refractivity contribution is -0.385. The molecule has 0 aromatic heterocycles. The number of nitro groups is 1. The molecule has 1 aliphatic rings. The van der Waals surface area contributed by atoms with Gasteiger partial charge in [0.25, 0.3) is 5.69 Å². The fourth-order valence-electron chi connectivity index (χ4n) is 3.50. The summed E-state index contributed by atoms with van der Waals surface area (Å²) in [7, 11) is 1.31. The van der Waals surface area contributed by atoms with Crippen molar-refractivity contribution >= 4 is 11.4 Å². The fraction of sp³-hybridized carbons (Fsp3) is 0.400. The Morgan fingerprint density at radius 1 is 1.10 bits per heavy atom. The molecule has 0 radical (unpaired) electrons. The first kappa shape index (κ1) is 20.8. The van der Waals surface area contributed by atoms with Crippen molar-refractivity contribution < 1.29 is 23.2 Å². The molecule has 2 aromatic rings. The Bertz CT molecular complexity index is 836. The smallest absolute Gasteiger partial charge is 0.387 e. The van der Waals surface area contributed by atoms with Gasteiger partial charge >= 0.3 is 6.61 Å². The number of nitrogens with zero attached hydrogens (tertiary/aromatic N) is 3. The molecule has 0 unspecified atom stereocenters. The van der Waals surface area contributed by atoms with Crippen molar-refractivity contribution in [2.24, 2.45) is 0 Å². The number of alkyl halides is 2. The molecule has 0 spiro atoms. The summed E-state index contributed by atoms with van der Waals surface area (Å²) in [6, 6.07) is 12.5. The van der Waals surface area contributed by atoms with E-state index in [0.717, 1.165) is 44.4 Å². The number of para-hydroxylation sites is 1. The molecule has 29 heavy (non-hydrogen) atoms. The van der Waals surface area contributed by atoms with Gasteiger partial charge in [-0.15, -0.1) is 0 Å². The molecule has 0 bridgehead atoms. The maximum atomic E-state index is 12.6. The number of benzene rings is 2. The number of anilines is 1. The third-order valence-electron chi connectivity index (χ3n) is 4.88. The van der Waals surface area contributed by atoms with Crippen molar-refractivity contribution in [3.8, 4) is 11.5 Å². The summed E-state index contributed by atoms with van der Waals surface area (Å²) in [6.07, 6.45) is 0.909. The molecule has 1 heterocycles. The summed E-state index contributed by atoms with van der Waals surface area (Å²) in [5, 5.41) is 11.5. The highest BCUT2D eigenvalue weighted by atomic mass is 19.3. The predicted octanol–water partition coefficient (Wildman–Crippen LogP) is 3.92. The average Bonchev–Trinajstić information content (AvgIpc) is 2.94. The molecule has 1 aliphatic heterocycles. The van der Waals surface area contributed by atoms with Crippen LogP contribution < -0.4 is 14.4 Å². The van der Waals surface area contributed by atoms with Crippen LogP contribution >= 0.6 is 0 Å². The number of rotatable bonds is 7. The van der Waals surface area contributed by atoms with Crippen LogP contribution in [0, 0.1) is 10.1 Å². The molecule has 156 valence electrons. The maximum absolute atomic E-state index is 12.6. The van der Waals surface area contributed by atoms with Gasteiger partial charge in [-0.25, -0.2) is 0 Å². The zero-order valence-corrected chi connectivity index (χ0v) is 16.1. The maximum Gasteiger partial charge on any atom is 0.387 e. The van der Waals surface area contributed by atoms with Crippen LogP contribution in [-0.4, -0.2) is 49.7 Å². The minimum Gasteiger partial charge on any atom is -0.493 e. The lowest BCUT2D eigenvalue weighted by atomic mass is 10.1. The van der Waals surface area contributed by atoms with E-state index in [1.807, 2.05) is 18.2 Å². The summed E-state index contributed by atoms with van der Waals surface area (Å²) >= 11 is 0. The second-order valence-corrected chi connectivity index (χ2v) is 6.72. The highest BCUT2D eigenvalue weighted by molar-refractivity contribution is 5.54. The summed E-state index contributed by atoms with van der Waals surface area (Å²) in [5.41, 5.74) is 1.29. The van der Waals surface area contributed by atoms with E-state index in [2.05, 4.69) is 26.7 Å². The number of ether oxygens (including phenoxy) is 2. The Morgan fingerprint density at radius 3 is 2.52 bits per heavy atom. The summed E-state index contributed by atoms with van der Waals surface area (Å²) in [6.45, 7) is 0.421. The first-order valence-corrected chi connectivity index (χ1v) is 9.30. The molecule has 2 aromatic carbocycles. The first-order valence-electron chi connectivity index (χ1n) is 9.30. The zero-order chi connectivity index (χ0) is 20.8. The van der Waals surface area contributed by atoms with Crippen molar-refractivity contribution in [3.63, 3.8) is 0 Å². The predicted molar refractivity (Wildman–Crippen MR) is 105 cm³/mol. The van der Waals surface area contributed by atoms with Crippen LogP contribution in [0.1, 0.15) is 12.0 Å². The molecule has 1 saturated heterocycles. The van der Waals surface area contributed by atoms with Gasteiger partial charge in [-0.3, -0.25) is 15.0 Å². The van der Waals surface area contributed by atoms with Crippen molar-refractivity contribution in [3.05, 3.63) is 58.1 Å². The van der Waals surface area contributed by atoms with Crippen LogP contribution in [0.3, 0.4) is 0 Å². The van der Waals surface area contributed by atoms with E-state index in [1.165, 1.54) is 13.2 Å². The second kappa shape index (κ2) is 9.51. The zero-order valence-electron chi connectivity index (χ0n) is 16.1. The Balaban J connectivity index is 1.77. The van der Waals surface area contributed by atoms with E-state index in [-0.39, 0.29) is 17.2 Å². The topological polar surface area (TPSA) is 68.1 Å². The minimum absolute atomic E-state index is 0.0478. The summed E-state index contributed by atoms with van der Waals surface area (Å²) in [4.78, 5) is 15.3. The van der Waals surface area contributed by atoms with Gasteiger partial charge in [0, 0.05) is 44.0 Å². The Labute approximate surface area is 167 Å². The van der Waals surface area contributed by atoms with Gasteiger partial charge in [-0.2, -0.15) is 8.78 Å². The second-order valence-electron chi connectivity index (χ2n) is 6.72. The number of methoxy groups -OCH3 is 1. The third-order valence-corrected chi connectivity index (χ3v) is 4.88. The molecule has 0 amide bonds. The summed E-state index contributed by atoms with van der Waals surface area (Å²) < 4.78 is 34.7. The molecular formula is C20H23F2N3O4. The van der Waals surface area contributed by atoms with Crippen molar-refractivity contribution in [2.45, 2.75) is 19.6 Å². The van der Waals surface area contributed by atoms with Gasteiger partial charge in [0.15, 0.2) is 11.5 Å². The molecule has 0 atom stereocenters. The lowest BCUT2D eigenvalue weighted by Gasteiger charge is -2.23. The molecule has 9 heteroatoms. The van der Waals surface area contributed by atoms with Gasteiger partial charge in [0.05, 0.1) is 18.1 Å². The van der Waals surface area contributed by atoms with Crippen molar-refractivity contribution in [1.29, 1.82) is 0 Å². The molecule has 3 rings (SSSR count). The number of hydrogen-bond donors (Lipinski definition) is 0. The first-order chi connectivity index (χ1) is 14.0. The third kappa shape index (κ3) is 5.32. The van der Waals surface area contributed by atoms with Crippen LogP contribution in [0.2, 0.25) is 0 Å². The molecule has 0 saturated carbocycles. The van der Waals surface area contributed by atoms with E-state index in [0.29, 0.717) is 12.1 Å². The van der Waals surface area contributed by atoms with Crippen molar-refractivity contribution in [2.75, 3.05) is 38.2 Å². The van der Waals surface area contributed by atoms with E-state index in [9.17, 15) is 18.9 Å². The molecule has 1 fully saturated rings. The van der Waals surface area contributed by atoms with E-state index in [4.69, 9.17) is 4.74 Å². The highest BCUT2D eigenvalue weighted by Crippen LogP contribution is 2.36. The standard InChI is InChI=1S/C20H23F2N3O4/c1-28-18-12-15(17(25(26)27)13-19(18)29-20(21)22)14-23-8-5-9-24(11-10-23)16-6-3-2-4-7-16/h2-4,6-7,12-13,20H,5,8-11,14H2,1H3. The van der Waals surface area contributed by atoms with Gasteiger partial charge < -0.3 is 14.4 Å². The van der Waals surface area contributed by atoms with Crippen molar-refractivity contribution in [1.82, 2.24) is 4.90 Å². The number of hydrogen-bond acceptors (Lipinski definition) is 6. The lowest BCUT2D eigenvalue weighted by Crippen LogP contribution is -2.30. The summed E-state index contributed by atoms with van der Waals surface area (Å²) in [5.74, 6) is -0.296. The normalized spacial score (nSPS) is 15.2. The Hall–Kier alpha value is -2.94. The van der Waals surface area contributed by atoms with E-state index >= 15 is 0 Å². The van der Waals surface area contributed by atoms with Crippen LogP contribution in [0.25, 0.3) is 0 Å². The van der Waals surface area contributed by atoms with Gasteiger partial charge in [0.2, 0.25) is 0 Å². The van der Waals surface area contributed by atoms with Crippen LogP contribution in [0.15, 0.2) is 42.5 Å². The van der Waals surface area contributed by atoms with Crippen LogP contribution in [0.5, 0.6) is 11.5 Å². The number of nitro benzene ring substituents is 1. The number of halogens is 2. The average molecular weight is 407 g/mol. The van der Waals surface area contributed by atoms with E-state index in [1.54, 1.807) is 0 Å². The molecule has 0 N–H and O–H groups in total. The van der Waals surface area contributed by atoms with Gasteiger partial charge in [-0.05, 0) is 24.6 Å². The fourth-order valence-corrected chi connectivity index (χ4v) is 3.50. The largest absolute Gasteiger partial charge is 0.493 e.